The lowest BCUT2D eigenvalue weighted by molar-refractivity contribution is 0.102. The topological polar surface area (TPSA) is 105 Å². The molecule has 0 bridgehead atoms. The van der Waals surface area contributed by atoms with Crippen LogP contribution in [-0.2, 0) is 12.1 Å². The molecular formula is C23H23FN6O2. The quantitative estimate of drug-likeness (QED) is 0.442. The fourth-order valence-corrected chi connectivity index (χ4v) is 3.27. The van der Waals surface area contributed by atoms with Crippen LogP contribution in [0.15, 0.2) is 59.5 Å². The molecule has 0 saturated carbocycles. The summed E-state index contributed by atoms with van der Waals surface area (Å²) >= 11 is 0. The monoisotopic (exact) mass is 434 g/mol. The minimum Gasteiger partial charge on any atom is -0.352 e. The fourth-order valence-electron chi connectivity index (χ4n) is 3.27. The van der Waals surface area contributed by atoms with Crippen LogP contribution in [0.1, 0.15) is 36.7 Å². The minimum atomic E-state index is -0.470. The van der Waals surface area contributed by atoms with Gasteiger partial charge in [0.05, 0.1) is 11.7 Å². The van der Waals surface area contributed by atoms with Crippen molar-refractivity contribution in [2.45, 2.75) is 32.9 Å². The lowest BCUT2D eigenvalue weighted by Gasteiger charge is -2.19. The molecular weight excluding hydrogens is 411 g/mol. The molecule has 0 fully saturated rings. The Morgan fingerprint density at radius 2 is 1.94 bits per heavy atom. The molecule has 0 aliphatic carbocycles. The molecule has 164 valence electrons. The predicted octanol–water partition coefficient (Wildman–Crippen LogP) is 3.88. The molecule has 4 rings (SSSR count). The molecule has 0 unspecified atom stereocenters. The highest BCUT2D eigenvalue weighted by atomic mass is 19.1. The van der Waals surface area contributed by atoms with Crippen LogP contribution in [0.2, 0.25) is 0 Å². The molecule has 32 heavy (non-hydrogen) atoms. The van der Waals surface area contributed by atoms with E-state index in [1.807, 2.05) is 26.8 Å². The lowest BCUT2D eigenvalue weighted by atomic mass is 10.1. The van der Waals surface area contributed by atoms with E-state index in [0.29, 0.717) is 29.2 Å². The van der Waals surface area contributed by atoms with Crippen LogP contribution in [0.4, 0.5) is 16.0 Å². The van der Waals surface area contributed by atoms with E-state index < -0.39 is 11.7 Å². The Hall–Kier alpha value is -4.01. The van der Waals surface area contributed by atoms with Gasteiger partial charge < -0.3 is 10.6 Å². The molecule has 0 aliphatic heterocycles. The number of amides is 1. The number of rotatable bonds is 5. The van der Waals surface area contributed by atoms with Gasteiger partial charge in [0.25, 0.3) is 11.5 Å². The Labute approximate surface area is 183 Å². The average molecular weight is 434 g/mol. The van der Waals surface area contributed by atoms with Gasteiger partial charge in [0.1, 0.15) is 11.2 Å². The fraction of sp³-hybridized carbons (Fsp3) is 0.217. The summed E-state index contributed by atoms with van der Waals surface area (Å²) in [6, 6.07) is 12.7. The summed E-state index contributed by atoms with van der Waals surface area (Å²) < 4.78 is 15.1. The summed E-state index contributed by atoms with van der Waals surface area (Å²) in [5.74, 6) is -0.550. The number of carbonyl (C=O) groups excluding carboxylic acids is 1. The first-order valence-electron chi connectivity index (χ1n) is 10.1. The van der Waals surface area contributed by atoms with Gasteiger partial charge in [0.2, 0.25) is 5.95 Å². The van der Waals surface area contributed by atoms with Crippen molar-refractivity contribution in [3.8, 4) is 0 Å². The maximum absolute atomic E-state index is 13.4. The summed E-state index contributed by atoms with van der Waals surface area (Å²) in [5.41, 5.74) is 1.56. The third-order valence-corrected chi connectivity index (χ3v) is 4.81. The number of H-pyrrole nitrogens is 1. The van der Waals surface area contributed by atoms with E-state index in [1.54, 1.807) is 28.9 Å². The van der Waals surface area contributed by atoms with Gasteiger partial charge in [0, 0.05) is 17.8 Å². The Morgan fingerprint density at radius 1 is 1.16 bits per heavy atom. The second-order valence-corrected chi connectivity index (χ2v) is 8.40. The number of hydrogen-bond donors (Lipinski definition) is 3. The Bertz CT molecular complexity index is 1350. The van der Waals surface area contributed by atoms with Crippen molar-refractivity contribution < 1.29 is 9.18 Å². The second kappa shape index (κ2) is 8.26. The Balaban J connectivity index is 1.50. The van der Waals surface area contributed by atoms with Gasteiger partial charge in [0.15, 0.2) is 5.65 Å². The number of carbonyl (C=O) groups is 1. The molecule has 0 radical (unpaired) electrons. The number of nitrogens with one attached hydrogen (secondary N) is 3. The molecule has 0 aliphatic rings. The normalized spacial score (nSPS) is 11.5. The van der Waals surface area contributed by atoms with E-state index in [9.17, 15) is 14.0 Å². The molecule has 2 aromatic carbocycles. The number of nitrogens with zero attached hydrogens (tertiary/aromatic N) is 3. The summed E-state index contributed by atoms with van der Waals surface area (Å²) in [7, 11) is 0. The largest absolute Gasteiger partial charge is 0.352 e. The van der Waals surface area contributed by atoms with Crippen LogP contribution >= 0.6 is 0 Å². The van der Waals surface area contributed by atoms with Gasteiger partial charge >= 0.3 is 0 Å². The van der Waals surface area contributed by atoms with Crippen molar-refractivity contribution in [2.24, 2.45) is 0 Å². The first kappa shape index (κ1) is 21.2. The molecule has 0 spiro atoms. The van der Waals surface area contributed by atoms with Crippen molar-refractivity contribution in [1.29, 1.82) is 0 Å². The van der Waals surface area contributed by atoms with Crippen LogP contribution in [0.25, 0.3) is 11.0 Å². The van der Waals surface area contributed by atoms with E-state index in [4.69, 9.17) is 0 Å². The summed E-state index contributed by atoms with van der Waals surface area (Å²) in [4.78, 5) is 32.0. The highest BCUT2D eigenvalue weighted by Gasteiger charge is 2.19. The number of fused-ring (bicyclic) bond motifs is 1. The highest BCUT2D eigenvalue weighted by molar-refractivity contribution is 6.04. The van der Waals surface area contributed by atoms with E-state index in [2.05, 4.69) is 25.7 Å². The molecule has 9 heteroatoms. The summed E-state index contributed by atoms with van der Waals surface area (Å²) in [6.45, 7) is 6.32. The Morgan fingerprint density at radius 3 is 2.69 bits per heavy atom. The number of hydrogen-bond acceptors (Lipinski definition) is 5. The van der Waals surface area contributed by atoms with Gasteiger partial charge in [-0.05, 0) is 56.7 Å². The zero-order valence-corrected chi connectivity index (χ0v) is 17.9. The van der Waals surface area contributed by atoms with Gasteiger partial charge in [-0.3, -0.25) is 14.6 Å². The van der Waals surface area contributed by atoms with E-state index in [-0.39, 0.29) is 16.7 Å². The predicted molar refractivity (Wildman–Crippen MR) is 121 cm³/mol. The van der Waals surface area contributed by atoms with Gasteiger partial charge in [-0.15, -0.1) is 0 Å². The van der Waals surface area contributed by atoms with Crippen LogP contribution < -0.4 is 16.2 Å². The van der Waals surface area contributed by atoms with Crippen molar-refractivity contribution >= 4 is 28.6 Å². The SMILES string of the molecule is CC(C)(C)n1ncc2c(=O)[nH]c(NCc3cccc(NC(=O)c4cccc(F)c4)c3)nc21. The van der Waals surface area contributed by atoms with Crippen LogP contribution in [-0.4, -0.2) is 25.7 Å². The molecule has 0 atom stereocenters. The van der Waals surface area contributed by atoms with Gasteiger partial charge in [-0.1, -0.05) is 18.2 Å². The van der Waals surface area contributed by atoms with E-state index in [0.717, 1.165) is 5.56 Å². The second-order valence-electron chi connectivity index (χ2n) is 8.40. The molecule has 1 amide bonds. The number of halogens is 1. The van der Waals surface area contributed by atoms with Crippen molar-refractivity contribution in [3.63, 3.8) is 0 Å². The van der Waals surface area contributed by atoms with Crippen molar-refractivity contribution in [1.82, 2.24) is 19.7 Å². The van der Waals surface area contributed by atoms with Gasteiger partial charge in [-0.2, -0.15) is 10.1 Å². The summed E-state index contributed by atoms with van der Waals surface area (Å²) in [5, 5.41) is 10.6. The first-order chi connectivity index (χ1) is 15.2. The van der Waals surface area contributed by atoms with Crippen LogP contribution in [0.5, 0.6) is 0 Å². The molecule has 0 saturated heterocycles. The summed E-state index contributed by atoms with van der Waals surface area (Å²) in [6.07, 6.45) is 1.51. The van der Waals surface area contributed by atoms with Crippen LogP contribution in [0, 0.1) is 5.82 Å². The zero-order valence-electron chi connectivity index (χ0n) is 17.9. The van der Waals surface area contributed by atoms with Crippen molar-refractivity contribution in [2.75, 3.05) is 10.6 Å². The minimum absolute atomic E-state index is 0.235. The van der Waals surface area contributed by atoms with E-state index in [1.165, 1.54) is 24.4 Å². The number of aromatic amines is 1. The van der Waals surface area contributed by atoms with E-state index >= 15 is 0 Å². The highest BCUT2D eigenvalue weighted by Crippen LogP contribution is 2.19. The third-order valence-electron chi connectivity index (χ3n) is 4.81. The number of anilines is 2. The molecule has 2 heterocycles. The maximum Gasteiger partial charge on any atom is 0.263 e. The number of benzene rings is 2. The zero-order chi connectivity index (χ0) is 22.9. The average Bonchev–Trinajstić information content (AvgIpc) is 3.18. The maximum atomic E-state index is 13.4. The smallest absolute Gasteiger partial charge is 0.263 e. The molecule has 4 aromatic rings. The standard InChI is InChI=1S/C23H23FN6O2/c1-23(2,3)30-19-18(13-26-30)21(32)29-22(28-19)25-12-14-6-4-9-17(10-14)27-20(31)15-7-5-8-16(24)11-15/h4-11,13H,12H2,1-3H3,(H,27,31)(H2,25,28,29,32). The third kappa shape index (κ3) is 4.51. The van der Waals surface area contributed by atoms with Gasteiger partial charge in [-0.25, -0.2) is 9.07 Å². The van der Waals surface area contributed by atoms with Crippen LogP contribution in [0.3, 0.4) is 0 Å². The van der Waals surface area contributed by atoms with Crippen molar-refractivity contribution in [3.05, 3.63) is 82.0 Å². The molecule has 8 nitrogen and oxygen atoms in total. The lowest BCUT2D eigenvalue weighted by Crippen LogP contribution is -2.24. The number of aromatic nitrogens is 4. The molecule has 3 N–H and O–H groups in total. The molecule has 2 aromatic heterocycles. The Kier molecular flexibility index (Phi) is 5.48. The first-order valence-corrected chi connectivity index (χ1v) is 10.1.